The molecule has 0 bridgehead atoms. The van der Waals surface area contributed by atoms with E-state index >= 15 is 0 Å². The van der Waals surface area contributed by atoms with Crippen molar-refractivity contribution < 1.29 is 4.42 Å². The molecule has 1 N–H and O–H groups in total. The zero-order valence-electron chi connectivity index (χ0n) is 29.9. The Morgan fingerprint density at radius 3 is 1.79 bits per heavy atom. The molecule has 0 aliphatic carbocycles. The maximum Gasteiger partial charge on any atom is 0.164 e. The summed E-state index contributed by atoms with van der Waals surface area (Å²) in [5.41, 5.74) is 7.93. The molecule has 10 rings (SSSR count). The average Bonchev–Trinajstić information content (AvgIpc) is 3.88. The minimum absolute atomic E-state index is 0.146. The van der Waals surface area contributed by atoms with Crippen LogP contribution < -0.4 is 0 Å². The second kappa shape index (κ2) is 14.1. The highest BCUT2D eigenvalue weighted by molar-refractivity contribution is 7.25. The number of para-hydroxylation sites is 1. The summed E-state index contributed by atoms with van der Waals surface area (Å²) in [5, 5.41) is 12.4. The lowest BCUT2D eigenvalue weighted by atomic mass is 10.0. The molecular formula is C49H31N5OS. The summed E-state index contributed by atoms with van der Waals surface area (Å²) in [5.74, 6) is 2.53. The summed E-state index contributed by atoms with van der Waals surface area (Å²) in [4.78, 5) is 20.0. The summed E-state index contributed by atoms with van der Waals surface area (Å²) >= 11 is 1.69. The van der Waals surface area contributed by atoms with Crippen LogP contribution in [0.5, 0.6) is 0 Å². The zero-order valence-corrected chi connectivity index (χ0v) is 30.7. The van der Waals surface area contributed by atoms with Gasteiger partial charge in [-0.15, -0.1) is 11.3 Å². The van der Waals surface area contributed by atoms with Crippen molar-refractivity contribution in [2.75, 3.05) is 0 Å². The Kier molecular flexibility index (Phi) is 8.39. The van der Waals surface area contributed by atoms with E-state index in [4.69, 9.17) is 24.4 Å². The van der Waals surface area contributed by atoms with Crippen LogP contribution in [0.2, 0.25) is 0 Å². The van der Waals surface area contributed by atoms with Gasteiger partial charge in [0.1, 0.15) is 11.3 Å². The van der Waals surface area contributed by atoms with Gasteiger partial charge in [-0.1, -0.05) is 146 Å². The van der Waals surface area contributed by atoms with E-state index in [1.54, 1.807) is 11.3 Å². The quantitative estimate of drug-likeness (QED) is 0.130. The van der Waals surface area contributed by atoms with Crippen LogP contribution in [-0.4, -0.2) is 26.5 Å². The van der Waals surface area contributed by atoms with Gasteiger partial charge in [0.15, 0.2) is 29.1 Å². The first kappa shape index (κ1) is 33.2. The van der Waals surface area contributed by atoms with Gasteiger partial charge in [0.2, 0.25) is 0 Å². The lowest BCUT2D eigenvalue weighted by Gasteiger charge is -2.10. The van der Waals surface area contributed by atoms with E-state index in [-0.39, 0.29) is 5.84 Å². The molecule has 0 fully saturated rings. The number of hydrogen-bond donors (Lipinski definition) is 1. The van der Waals surface area contributed by atoms with Crippen LogP contribution in [0.15, 0.2) is 191 Å². The van der Waals surface area contributed by atoms with Gasteiger partial charge in [0.05, 0.1) is 0 Å². The third-order valence-electron chi connectivity index (χ3n) is 9.86. The van der Waals surface area contributed by atoms with Crippen molar-refractivity contribution in [1.82, 2.24) is 15.0 Å². The molecular weight excluding hydrogens is 707 g/mol. The summed E-state index contributed by atoms with van der Waals surface area (Å²) in [6, 6.07) is 60.9. The average molecular weight is 738 g/mol. The third-order valence-corrected chi connectivity index (χ3v) is 11.0. The Morgan fingerprint density at radius 2 is 1.07 bits per heavy atom. The summed E-state index contributed by atoms with van der Waals surface area (Å²) in [6.45, 7) is 0. The monoisotopic (exact) mass is 737 g/mol. The molecule has 3 heterocycles. The van der Waals surface area contributed by atoms with Crippen LogP contribution in [-0.2, 0) is 0 Å². The molecule has 0 radical (unpaired) electrons. The highest BCUT2D eigenvalue weighted by atomic mass is 32.1. The Bertz CT molecular complexity index is 3050. The van der Waals surface area contributed by atoms with Crippen LogP contribution in [0.1, 0.15) is 16.9 Å². The number of hydrogen-bond acceptors (Lipinski definition) is 6. The summed E-state index contributed by atoms with van der Waals surface area (Å²) < 4.78 is 8.46. The Morgan fingerprint density at radius 1 is 0.500 bits per heavy atom. The molecule has 0 aliphatic heterocycles. The van der Waals surface area contributed by atoms with Crippen molar-refractivity contribution in [1.29, 1.82) is 5.41 Å². The first-order valence-corrected chi connectivity index (χ1v) is 19.1. The van der Waals surface area contributed by atoms with Crippen molar-refractivity contribution >= 4 is 54.0 Å². The minimum Gasteiger partial charge on any atom is -0.454 e. The minimum atomic E-state index is 0.146. The van der Waals surface area contributed by atoms with E-state index < -0.39 is 0 Å². The van der Waals surface area contributed by atoms with E-state index in [9.17, 15) is 5.41 Å². The SMILES string of the molecule is N=C(N=C(c1ccccc1)c1cc2ccccc2o1)c1cccc2sc3ccc(-c4nc(-c5ccccc5)nc(-c5ccc(-c6ccccc6)cc5)n4)cc3c12. The number of thiophene rings is 1. The van der Waals surface area contributed by atoms with Gasteiger partial charge in [-0.3, -0.25) is 5.41 Å². The molecule has 0 saturated heterocycles. The van der Waals surface area contributed by atoms with Gasteiger partial charge in [0.25, 0.3) is 0 Å². The second-order valence-corrected chi connectivity index (χ2v) is 14.5. The first-order chi connectivity index (χ1) is 27.6. The number of amidine groups is 1. The molecule has 0 spiro atoms. The van der Waals surface area contributed by atoms with Crippen molar-refractivity contribution in [3.8, 4) is 45.3 Å². The molecule has 0 saturated carbocycles. The van der Waals surface area contributed by atoms with Gasteiger partial charge in [-0.2, -0.15) is 0 Å². The van der Waals surface area contributed by atoms with E-state index in [0.29, 0.717) is 28.9 Å². The van der Waals surface area contributed by atoms with E-state index in [2.05, 4.69) is 60.7 Å². The van der Waals surface area contributed by atoms with Crippen molar-refractivity contribution in [2.24, 2.45) is 4.99 Å². The number of benzene rings is 7. The molecule has 264 valence electrons. The molecule has 0 atom stereocenters. The van der Waals surface area contributed by atoms with E-state index in [1.165, 1.54) is 0 Å². The smallest absolute Gasteiger partial charge is 0.164 e. The standard InChI is InChI=1S/C49H31N5OS/c50-46(51-45(33-15-6-2-7-16-33)41-30-36-19-10-11-21-40(36)55-41)38-20-12-22-43-44(38)39-29-37(27-28-42(39)56-43)49-53-47(34-17-8-3-9-18-34)52-48(54-49)35-25-23-32(24-26-35)31-13-4-1-5-14-31/h1-30,50H. The fourth-order valence-electron chi connectivity index (χ4n) is 7.08. The predicted molar refractivity (Wildman–Crippen MR) is 230 cm³/mol. The van der Waals surface area contributed by atoms with Crippen LogP contribution in [0.3, 0.4) is 0 Å². The molecule has 7 aromatic carbocycles. The lowest BCUT2D eigenvalue weighted by Crippen LogP contribution is -2.07. The zero-order chi connectivity index (χ0) is 37.4. The molecule has 0 unspecified atom stereocenters. The topological polar surface area (TPSA) is 88.0 Å². The molecule has 7 heteroatoms. The number of nitrogens with one attached hydrogen (secondary N) is 1. The number of aliphatic imine (C=N–C) groups is 1. The van der Waals surface area contributed by atoms with Crippen LogP contribution in [0.4, 0.5) is 0 Å². The molecule has 10 aromatic rings. The third kappa shape index (κ3) is 6.26. The molecule has 0 aliphatic rings. The van der Waals surface area contributed by atoms with Gasteiger partial charge in [0, 0.05) is 53.4 Å². The van der Waals surface area contributed by atoms with Gasteiger partial charge >= 0.3 is 0 Å². The molecule has 56 heavy (non-hydrogen) atoms. The van der Waals surface area contributed by atoms with E-state index in [0.717, 1.165) is 70.1 Å². The van der Waals surface area contributed by atoms with Crippen molar-refractivity contribution in [3.63, 3.8) is 0 Å². The Labute approximate surface area is 326 Å². The predicted octanol–water partition coefficient (Wildman–Crippen LogP) is 12.5. The van der Waals surface area contributed by atoms with Crippen LogP contribution in [0.25, 0.3) is 76.4 Å². The largest absolute Gasteiger partial charge is 0.454 e. The Balaban J connectivity index is 1.09. The number of nitrogens with zero attached hydrogens (tertiary/aromatic N) is 4. The fourth-order valence-corrected chi connectivity index (χ4v) is 8.20. The van der Waals surface area contributed by atoms with Crippen molar-refractivity contribution in [2.45, 2.75) is 0 Å². The number of aromatic nitrogens is 3. The number of fused-ring (bicyclic) bond motifs is 4. The van der Waals surface area contributed by atoms with Crippen LogP contribution in [0, 0.1) is 5.41 Å². The maximum atomic E-state index is 9.47. The van der Waals surface area contributed by atoms with Crippen molar-refractivity contribution in [3.05, 3.63) is 199 Å². The summed E-state index contributed by atoms with van der Waals surface area (Å²) in [6.07, 6.45) is 0. The molecule has 3 aromatic heterocycles. The normalized spacial score (nSPS) is 11.8. The number of furan rings is 1. The van der Waals surface area contributed by atoms with Gasteiger partial charge in [-0.05, 0) is 47.5 Å². The molecule has 0 amide bonds. The maximum absolute atomic E-state index is 9.47. The van der Waals surface area contributed by atoms with E-state index in [1.807, 2.05) is 121 Å². The highest BCUT2D eigenvalue weighted by Gasteiger charge is 2.19. The Hall–Kier alpha value is -7.35. The molecule has 6 nitrogen and oxygen atoms in total. The summed E-state index contributed by atoms with van der Waals surface area (Å²) in [7, 11) is 0. The second-order valence-electron chi connectivity index (χ2n) is 13.4. The van der Waals surface area contributed by atoms with Gasteiger partial charge in [-0.25, -0.2) is 19.9 Å². The van der Waals surface area contributed by atoms with Crippen LogP contribution >= 0.6 is 11.3 Å². The number of rotatable bonds is 7. The lowest BCUT2D eigenvalue weighted by molar-refractivity contribution is 0.605. The fraction of sp³-hybridized carbons (Fsp3) is 0. The van der Waals surface area contributed by atoms with Gasteiger partial charge < -0.3 is 4.42 Å². The highest BCUT2D eigenvalue weighted by Crippen LogP contribution is 2.39. The first-order valence-electron chi connectivity index (χ1n) is 18.3.